The molecule has 3 rings (SSSR count). The third-order valence-electron chi connectivity index (χ3n) is 4.57. The largest absolute Gasteiger partial charge is 0.301 e. The first-order chi connectivity index (χ1) is 9.92. The summed E-state index contributed by atoms with van der Waals surface area (Å²) in [5, 5.41) is 0. The first-order valence-corrected chi connectivity index (χ1v) is 9.04. The molecule has 1 aromatic carbocycles. The molecular formula is C17H26N2S. The van der Waals surface area contributed by atoms with Crippen LogP contribution in [0, 0.1) is 0 Å². The van der Waals surface area contributed by atoms with Crippen LogP contribution in [0.15, 0.2) is 35.2 Å². The van der Waals surface area contributed by atoms with Gasteiger partial charge in [0, 0.05) is 29.8 Å². The van der Waals surface area contributed by atoms with E-state index in [9.17, 15) is 0 Å². The number of hydrogen-bond acceptors (Lipinski definition) is 3. The lowest BCUT2D eigenvalue weighted by molar-refractivity contribution is 0.163. The van der Waals surface area contributed by atoms with Gasteiger partial charge in [-0.15, -0.1) is 11.8 Å². The summed E-state index contributed by atoms with van der Waals surface area (Å²) in [6.45, 7) is 6.53. The highest BCUT2D eigenvalue weighted by molar-refractivity contribution is 7.99. The molecule has 0 aromatic heterocycles. The van der Waals surface area contributed by atoms with Crippen LogP contribution < -0.4 is 0 Å². The van der Waals surface area contributed by atoms with E-state index in [0.29, 0.717) is 0 Å². The van der Waals surface area contributed by atoms with Crippen LogP contribution in [0.25, 0.3) is 0 Å². The standard InChI is InChI=1S/C17H26N2S/c1-3-7-17(8-4-1)20-14-13-18-12-9-16(15-18)19-10-5-2-6-11-19/h1,3-4,7-8,16H,2,5-6,9-15H2. The van der Waals surface area contributed by atoms with E-state index in [2.05, 4.69) is 40.1 Å². The van der Waals surface area contributed by atoms with Gasteiger partial charge >= 0.3 is 0 Å². The lowest BCUT2D eigenvalue weighted by Gasteiger charge is -2.32. The molecule has 3 heteroatoms. The van der Waals surface area contributed by atoms with Crippen LogP contribution in [0.1, 0.15) is 25.7 Å². The Labute approximate surface area is 127 Å². The molecule has 110 valence electrons. The van der Waals surface area contributed by atoms with Crippen molar-refractivity contribution in [3.8, 4) is 0 Å². The third-order valence-corrected chi connectivity index (χ3v) is 5.57. The third kappa shape index (κ3) is 4.00. The number of rotatable bonds is 5. The number of piperidine rings is 1. The normalized spacial score (nSPS) is 25.1. The fourth-order valence-corrected chi connectivity index (χ4v) is 4.34. The molecule has 0 bridgehead atoms. The molecule has 0 amide bonds. The van der Waals surface area contributed by atoms with E-state index >= 15 is 0 Å². The van der Waals surface area contributed by atoms with Crippen LogP contribution in [-0.2, 0) is 0 Å². The molecule has 1 atom stereocenters. The number of hydrogen-bond donors (Lipinski definition) is 0. The van der Waals surface area contributed by atoms with Crippen LogP contribution in [0.5, 0.6) is 0 Å². The lowest BCUT2D eigenvalue weighted by atomic mass is 10.1. The highest BCUT2D eigenvalue weighted by atomic mass is 32.2. The molecule has 2 aliphatic heterocycles. The van der Waals surface area contributed by atoms with Gasteiger partial charge in [0.15, 0.2) is 0 Å². The average Bonchev–Trinajstić information content (AvgIpc) is 2.98. The van der Waals surface area contributed by atoms with Crippen molar-refractivity contribution in [2.24, 2.45) is 0 Å². The second kappa shape index (κ2) is 7.48. The van der Waals surface area contributed by atoms with Crippen LogP contribution in [0.4, 0.5) is 0 Å². The van der Waals surface area contributed by atoms with Gasteiger partial charge in [-0.2, -0.15) is 0 Å². The summed E-state index contributed by atoms with van der Waals surface area (Å²) in [7, 11) is 0. The fraction of sp³-hybridized carbons (Fsp3) is 0.647. The van der Waals surface area contributed by atoms with Crippen LogP contribution in [0.2, 0.25) is 0 Å². The fourth-order valence-electron chi connectivity index (χ4n) is 3.41. The Balaban J connectivity index is 1.37. The molecule has 1 unspecified atom stereocenters. The topological polar surface area (TPSA) is 6.48 Å². The van der Waals surface area contributed by atoms with E-state index < -0.39 is 0 Å². The van der Waals surface area contributed by atoms with E-state index in [0.717, 1.165) is 6.04 Å². The molecule has 2 fully saturated rings. The molecule has 0 aliphatic carbocycles. The molecule has 0 spiro atoms. The Hall–Kier alpha value is -0.510. The van der Waals surface area contributed by atoms with E-state index in [-0.39, 0.29) is 0 Å². The Morgan fingerprint density at radius 3 is 2.60 bits per heavy atom. The number of thioether (sulfide) groups is 1. The number of likely N-dealkylation sites (tertiary alicyclic amines) is 2. The predicted molar refractivity (Wildman–Crippen MR) is 87.4 cm³/mol. The van der Waals surface area contributed by atoms with Gasteiger partial charge in [0.1, 0.15) is 0 Å². The molecule has 2 saturated heterocycles. The van der Waals surface area contributed by atoms with Gasteiger partial charge in [-0.3, -0.25) is 4.90 Å². The first-order valence-electron chi connectivity index (χ1n) is 8.06. The monoisotopic (exact) mass is 290 g/mol. The van der Waals surface area contributed by atoms with Gasteiger partial charge < -0.3 is 4.90 Å². The zero-order chi connectivity index (χ0) is 13.6. The maximum absolute atomic E-state index is 2.74. The summed E-state index contributed by atoms with van der Waals surface area (Å²) in [6.07, 6.45) is 5.66. The molecule has 2 aliphatic rings. The van der Waals surface area contributed by atoms with Crippen molar-refractivity contribution in [3.63, 3.8) is 0 Å². The molecule has 0 N–H and O–H groups in total. The summed E-state index contributed by atoms with van der Waals surface area (Å²) in [4.78, 5) is 6.81. The molecule has 0 saturated carbocycles. The van der Waals surface area contributed by atoms with Gasteiger partial charge in [-0.1, -0.05) is 24.6 Å². The van der Waals surface area contributed by atoms with Crippen molar-refractivity contribution >= 4 is 11.8 Å². The van der Waals surface area contributed by atoms with E-state index in [1.54, 1.807) is 0 Å². The Morgan fingerprint density at radius 1 is 1.00 bits per heavy atom. The molecule has 1 aromatic rings. The summed E-state index contributed by atoms with van der Waals surface area (Å²) in [6, 6.07) is 11.6. The highest BCUT2D eigenvalue weighted by Gasteiger charge is 2.27. The first kappa shape index (κ1) is 14.4. The molecular weight excluding hydrogens is 264 g/mol. The van der Waals surface area contributed by atoms with E-state index in [1.165, 1.54) is 69.1 Å². The summed E-state index contributed by atoms with van der Waals surface area (Å²) >= 11 is 1.99. The highest BCUT2D eigenvalue weighted by Crippen LogP contribution is 2.22. The predicted octanol–water partition coefficient (Wildman–Crippen LogP) is 3.34. The lowest BCUT2D eigenvalue weighted by Crippen LogP contribution is -2.41. The van der Waals surface area contributed by atoms with Gasteiger partial charge in [-0.05, 0) is 51.0 Å². The van der Waals surface area contributed by atoms with Gasteiger partial charge in [-0.25, -0.2) is 0 Å². The van der Waals surface area contributed by atoms with Crippen LogP contribution in [-0.4, -0.2) is 54.3 Å². The molecule has 2 heterocycles. The number of nitrogens with zero attached hydrogens (tertiary/aromatic N) is 2. The quantitative estimate of drug-likeness (QED) is 0.768. The second-order valence-electron chi connectivity index (χ2n) is 6.00. The minimum atomic E-state index is 0.844. The van der Waals surface area contributed by atoms with Crippen molar-refractivity contribution in [1.29, 1.82) is 0 Å². The van der Waals surface area contributed by atoms with Gasteiger partial charge in [0.05, 0.1) is 0 Å². The van der Waals surface area contributed by atoms with Gasteiger partial charge in [0.2, 0.25) is 0 Å². The van der Waals surface area contributed by atoms with Crippen LogP contribution in [0.3, 0.4) is 0 Å². The zero-order valence-electron chi connectivity index (χ0n) is 12.3. The van der Waals surface area contributed by atoms with Crippen molar-refractivity contribution in [2.45, 2.75) is 36.6 Å². The average molecular weight is 290 g/mol. The van der Waals surface area contributed by atoms with E-state index in [1.807, 2.05) is 11.8 Å². The Bertz CT molecular complexity index is 389. The summed E-state index contributed by atoms with van der Waals surface area (Å²) < 4.78 is 0. The zero-order valence-corrected chi connectivity index (χ0v) is 13.2. The second-order valence-corrected chi connectivity index (χ2v) is 7.17. The van der Waals surface area contributed by atoms with Crippen LogP contribution >= 0.6 is 11.8 Å². The summed E-state index contributed by atoms with van der Waals surface area (Å²) in [5.41, 5.74) is 0. The van der Waals surface area contributed by atoms with E-state index in [4.69, 9.17) is 0 Å². The Morgan fingerprint density at radius 2 is 1.80 bits per heavy atom. The SMILES string of the molecule is c1ccc(SCCN2CCC(N3CCCCC3)C2)cc1. The maximum atomic E-state index is 2.74. The smallest absolute Gasteiger partial charge is 0.0235 e. The number of benzene rings is 1. The summed E-state index contributed by atoms with van der Waals surface area (Å²) in [5.74, 6) is 1.22. The molecule has 2 nitrogen and oxygen atoms in total. The molecule has 0 radical (unpaired) electrons. The maximum Gasteiger partial charge on any atom is 0.0235 e. The Kier molecular flexibility index (Phi) is 5.40. The van der Waals surface area contributed by atoms with Crippen molar-refractivity contribution in [1.82, 2.24) is 9.80 Å². The van der Waals surface area contributed by atoms with Gasteiger partial charge in [0.25, 0.3) is 0 Å². The minimum absolute atomic E-state index is 0.844. The molecule has 20 heavy (non-hydrogen) atoms. The van der Waals surface area contributed by atoms with Crippen molar-refractivity contribution < 1.29 is 0 Å². The van der Waals surface area contributed by atoms with Crippen molar-refractivity contribution in [3.05, 3.63) is 30.3 Å². The minimum Gasteiger partial charge on any atom is -0.301 e. The van der Waals surface area contributed by atoms with Crippen molar-refractivity contribution in [2.75, 3.05) is 38.5 Å².